The first kappa shape index (κ1) is 14.4. The zero-order valence-electron chi connectivity index (χ0n) is 10.6. The van der Waals surface area contributed by atoms with E-state index in [-0.39, 0.29) is 0 Å². The van der Waals surface area contributed by atoms with E-state index in [0.717, 1.165) is 0 Å². The summed E-state index contributed by atoms with van der Waals surface area (Å²) in [5.74, 6) is 1.08. The summed E-state index contributed by atoms with van der Waals surface area (Å²) in [5, 5.41) is 0. The smallest absolute Gasteiger partial charge is 0.390 e. The third kappa shape index (κ3) is 4.28. The van der Waals surface area contributed by atoms with Crippen molar-refractivity contribution in [3.05, 3.63) is 60.2 Å². The highest BCUT2D eigenvalue weighted by Gasteiger charge is 2.30. The van der Waals surface area contributed by atoms with Crippen LogP contribution in [0.2, 0.25) is 0 Å². The van der Waals surface area contributed by atoms with Gasteiger partial charge in [-0.1, -0.05) is 30.3 Å². The van der Waals surface area contributed by atoms with E-state index in [0.29, 0.717) is 17.1 Å². The fourth-order valence-electron chi connectivity index (χ4n) is 1.80. The number of nitrogens with two attached hydrogens (primary N) is 1. The number of benzene rings is 2. The summed E-state index contributed by atoms with van der Waals surface area (Å²) in [4.78, 5) is 0. The predicted molar refractivity (Wildman–Crippen MR) is 70.6 cm³/mol. The molecule has 0 spiro atoms. The van der Waals surface area contributed by atoms with Crippen molar-refractivity contribution in [1.82, 2.24) is 0 Å². The van der Waals surface area contributed by atoms with Crippen molar-refractivity contribution in [3.8, 4) is 11.5 Å². The van der Waals surface area contributed by atoms with Crippen molar-refractivity contribution in [2.24, 2.45) is 5.73 Å². The first-order chi connectivity index (χ1) is 9.44. The van der Waals surface area contributed by atoms with E-state index in [4.69, 9.17) is 10.5 Å². The van der Waals surface area contributed by atoms with Gasteiger partial charge in [0.15, 0.2) is 0 Å². The third-order valence-electron chi connectivity index (χ3n) is 2.72. The van der Waals surface area contributed by atoms with E-state index < -0.39 is 18.6 Å². The van der Waals surface area contributed by atoms with Crippen molar-refractivity contribution in [2.75, 3.05) is 0 Å². The van der Waals surface area contributed by atoms with Gasteiger partial charge >= 0.3 is 6.18 Å². The van der Waals surface area contributed by atoms with Crippen LogP contribution in [0.25, 0.3) is 0 Å². The molecule has 0 radical (unpaired) electrons. The first-order valence-corrected chi connectivity index (χ1v) is 6.09. The van der Waals surface area contributed by atoms with Gasteiger partial charge in [0.05, 0.1) is 6.42 Å². The van der Waals surface area contributed by atoms with Gasteiger partial charge in [0.25, 0.3) is 0 Å². The topological polar surface area (TPSA) is 35.2 Å². The molecule has 0 saturated carbocycles. The van der Waals surface area contributed by atoms with Crippen LogP contribution in [-0.2, 0) is 0 Å². The average molecular weight is 281 g/mol. The fourth-order valence-corrected chi connectivity index (χ4v) is 1.80. The van der Waals surface area contributed by atoms with E-state index in [2.05, 4.69) is 0 Å². The maximum atomic E-state index is 12.3. The molecule has 2 rings (SSSR count). The van der Waals surface area contributed by atoms with Gasteiger partial charge in [0.1, 0.15) is 11.5 Å². The van der Waals surface area contributed by atoms with Crippen molar-refractivity contribution < 1.29 is 17.9 Å². The summed E-state index contributed by atoms with van der Waals surface area (Å²) in [6, 6.07) is 14.3. The molecule has 0 bridgehead atoms. The van der Waals surface area contributed by atoms with Crippen molar-refractivity contribution in [1.29, 1.82) is 0 Å². The number of halogens is 3. The summed E-state index contributed by atoms with van der Waals surface area (Å²) < 4.78 is 42.5. The fraction of sp³-hybridized carbons (Fsp3) is 0.200. The molecule has 0 aliphatic rings. The summed E-state index contributed by atoms with van der Waals surface area (Å²) in [6.07, 6.45) is -5.34. The molecule has 2 nitrogen and oxygen atoms in total. The van der Waals surface area contributed by atoms with Gasteiger partial charge in [-0.3, -0.25) is 0 Å². The quantitative estimate of drug-likeness (QED) is 0.899. The Hall–Kier alpha value is -2.01. The molecular weight excluding hydrogens is 267 g/mol. The van der Waals surface area contributed by atoms with Crippen LogP contribution < -0.4 is 10.5 Å². The molecule has 2 aromatic carbocycles. The molecule has 106 valence electrons. The highest BCUT2D eigenvalue weighted by molar-refractivity contribution is 5.35. The van der Waals surface area contributed by atoms with Gasteiger partial charge < -0.3 is 10.5 Å². The van der Waals surface area contributed by atoms with Gasteiger partial charge in [0.2, 0.25) is 0 Å². The van der Waals surface area contributed by atoms with E-state index in [1.807, 2.05) is 18.2 Å². The Morgan fingerprint density at radius 2 is 1.60 bits per heavy atom. The van der Waals surface area contributed by atoms with Gasteiger partial charge in [-0.05, 0) is 29.8 Å². The molecule has 0 heterocycles. The maximum Gasteiger partial charge on any atom is 0.390 e. The van der Waals surface area contributed by atoms with Crippen molar-refractivity contribution in [2.45, 2.75) is 18.6 Å². The largest absolute Gasteiger partial charge is 0.457 e. The van der Waals surface area contributed by atoms with Gasteiger partial charge in [0, 0.05) is 6.04 Å². The Kier molecular flexibility index (Phi) is 4.29. The van der Waals surface area contributed by atoms with Crippen LogP contribution in [0.1, 0.15) is 18.0 Å². The van der Waals surface area contributed by atoms with Crippen LogP contribution in [0, 0.1) is 0 Å². The Morgan fingerprint density at radius 3 is 2.25 bits per heavy atom. The lowest BCUT2D eigenvalue weighted by Gasteiger charge is -2.15. The standard InChI is InChI=1S/C15H14F3NO/c16-15(17,18)10-14(19)11-5-4-8-13(9-11)20-12-6-2-1-3-7-12/h1-9,14H,10,19H2. The van der Waals surface area contributed by atoms with E-state index in [1.165, 1.54) is 6.07 Å². The third-order valence-corrected chi connectivity index (χ3v) is 2.72. The number of rotatable bonds is 4. The van der Waals surface area contributed by atoms with E-state index >= 15 is 0 Å². The van der Waals surface area contributed by atoms with E-state index in [9.17, 15) is 13.2 Å². The molecule has 5 heteroatoms. The second-order valence-electron chi connectivity index (χ2n) is 4.41. The summed E-state index contributed by atoms with van der Waals surface area (Å²) in [6.45, 7) is 0. The molecule has 0 fully saturated rings. The number of alkyl halides is 3. The minimum atomic E-state index is -4.28. The predicted octanol–water partition coefficient (Wildman–Crippen LogP) is 4.43. The Bertz CT molecular complexity index is 555. The molecule has 1 unspecified atom stereocenters. The van der Waals surface area contributed by atoms with Crippen LogP contribution >= 0.6 is 0 Å². The lowest BCUT2D eigenvalue weighted by Crippen LogP contribution is -2.20. The second-order valence-corrected chi connectivity index (χ2v) is 4.41. The molecule has 0 aromatic heterocycles. The molecular formula is C15H14F3NO. The lowest BCUT2D eigenvalue weighted by atomic mass is 10.0. The molecule has 0 amide bonds. The lowest BCUT2D eigenvalue weighted by molar-refractivity contribution is -0.138. The van der Waals surface area contributed by atoms with Crippen molar-refractivity contribution in [3.63, 3.8) is 0 Å². The molecule has 0 aliphatic carbocycles. The van der Waals surface area contributed by atoms with E-state index in [1.54, 1.807) is 30.3 Å². The number of para-hydroxylation sites is 1. The molecule has 0 saturated heterocycles. The van der Waals surface area contributed by atoms with Crippen molar-refractivity contribution >= 4 is 0 Å². The number of hydrogen-bond donors (Lipinski definition) is 1. The van der Waals surface area contributed by atoms with Gasteiger partial charge in [-0.2, -0.15) is 13.2 Å². The van der Waals surface area contributed by atoms with Crippen LogP contribution in [0.3, 0.4) is 0 Å². The van der Waals surface area contributed by atoms with Crippen LogP contribution in [0.15, 0.2) is 54.6 Å². The minimum Gasteiger partial charge on any atom is -0.457 e. The monoisotopic (exact) mass is 281 g/mol. The van der Waals surface area contributed by atoms with Crippen LogP contribution in [0.4, 0.5) is 13.2 Å². The van der Waals surface area contributed by atoms with Crippen LogP contribution in [0.5, 0.6) is 11.5 Å². The van der Waals surface area contributed by atoms with Gasteiger partial charge in [-0.15, -0.1) is 0 Å². The molecule has 20 heavy (non-hydrogen) atoms. The molecule has 2 N–H and O–H groups in total. The second kappa shape index (κ2) is 5.96. The zero-order valence-corrected chi connectivity index (χ0v) is 10.6. The molecule has 1 atom stereocenters. The first-order valence-electron chi connectivity index (χ1n) is 6.09. The Morgan fingerprint density at radius 1 is 0.950 bits per heavy atom. The normalized spacial score (nSPS) is 13.0. The number of ether oxygens (including phenoxy) is 1. The SMILES string of the molecule is NC(CC(F)(F)F)c1cccc(Oc2ccccc2)c1. The summed E-state index contributed by atoms with van der Waals surface area (Å²) in [7, 11) is 0. The highest BCUT2D eigenvalue weighted by Crippen LogP contribution is 2.30. The van der Waals surface area contributed by atoms with Gasteiger partial charge in [-0.25, -0.2) is 0 Å². The van der Waals surface area contributed by atoms with Crippen LogP contribution in [-0.4, -0.2) is 6.18 Å². The molecule has 0 aliphatic heterocycles. The Labute approximate surface area is 115 Å². The average Bonchev–Trinajstić information content (AvgIpc) is 2.38. The minimum absolute atomic E-state index is 0.399. The number of hydrogen-bond acceptors (Lipinski definition) is 2. The Balaban J connectivity index is 2.12. The maximum absolute atomic E-state index is 12.3. The summed E-state index contributed by atoms with van der Waals surface area (Å²) >= 11 is 0. The zero-order chi connectivity index (χ0) is 14.6. The highest BCUT2D eigenvalue weighted by atomic mass is 19.4. The molecule has 2 aromatic rings. The summed E-state index contributed by atoms with van der Waals surface area (Å²) in [5.41, 5.74) is 5.97.